The van der Waals surface area contributed by atoms with Gasteiger partial charge >= 0.3 is 11.9 Å². The summed E-state index contributed by atoms with van der Waals surface area (Å²) in [5, 5.41) is 31.8. The number of methoxy groups -OCH3 is 1. The van der Waals surface area contributed by atoms with Crippen molar-refractivity contribution >= 4 is 49.5 Å². The summed E-state index contributed by atoms with van der Waals surface area (Å²) < 4.78 is 6.86. The fourth-order valence-electron chi connectivity index (χ4n) is 5.45. The van der Waals surface area contributed by atoms with Crippen molar-refractivity contribution in [3.63, 3.8) is 0 Å². The van der Waals surface area contributed by atoms with Gasteiger partial charge in [-0.15, -0.1) is 0 Å². The Bertz CT molecular complexity index is 1800. The van der Waals surface area contributed by atoms with E-state index in [-0.39, 0.29) is 0 Å². The van der Waals surface area contributed by atoms with Gasteiger partial charge in [0.2, 0.25) is 5.88 Å². The van der Waals surface area contributed by atoms with Crippen LogP contribution in [-0.4, -0.2) is 64.9 Å². The fraction of sp³-hybridized carbons (Fsp3) is 0.194. The SMILES string of the molecule is COc1nc2ccc(Br)cc2cc1C(c1ccccc1)C(O)(CCN(C)C)c1cccc2ccccc12.O=C(O)C=CC(=O)O. The maximum Gasteiger partial charge on any atom is 0.328 e. The molecule has 0 amide bonds. The summed E-state index contributed by atoms with van der Waals surface area (Å²) in [6.07, 6.45) is 1.64. The third kappa shape index (κ3) is 8.13. The molecule has 4 aromatic carbocycles. The highest BCUT2D eigenvalue weighted by molar-refractivity contribution is 9.10. The number of aromatic nitrogens is 1. The molecule has 0 saturated heterocycles. The average Bonchev–Trinajstić information content (AvgIpc) is 3.03. The number of nitrogens with zero attached hydrogens (tertiary/aromatic N) is 2. The topological polar surface area (TPSA) is 120 Å². The highest BCUT2D eigenvalue weighted by Gasteiger charge is 2.43. The second-order valence-corrected chi connectivity index (χ2v) is 11.7. The number of rotatable bonds is 10. The highest BCUT2D eigenvalue weighted by Crippen LogP contribution is 2.49. The van der Waals surface area contributed by atoms with E-state index in [9.17, 15) is 14.7 Å². The number of halogens is 1. The van der Waals surface area contributed by atoms with E-state index >= 15 is 0 Å². The van der Waals surface area contributed by atoms with Crippen LogP contribution in [0.2, 0.25) is 0 Å². The Balaban J connectivity index is 0.000000510. The molecule has 9 heteroatoms. The first-order valence-corrected chi connectivity index (χ1v) is 15.0. The quantitative estimate of drug-likeness (QED) is 0.138. The van der Waals surface area contributed by atoms with E-state index in [4.69, 9.17) is 19.9 Å². The molecule has 2 unspecified atom stereocenters. The standard InChI is InChI=1S/C32H31BrN2O2.C4H4O4/c1-35(2)19-18-32(36,28-15-9-13-22-10-7-8-14-26(22)28)30(23-11-5-4-6-12-23)27-21-24-20-25(33)16-17-29(24)34-31(27)37-3;5-3(6)1-2-4(7)8/h4-17,20-21,30,36H,18-19H2,1-3H3;1-2H,(H,5,6)(H,7,8). The molecule has 0 aliphatic rings. The molecule has 1 aromatic heterocycles. The zero-order chi connectivity index (χ0) is 32.6. The van der Waals surface area contributed by atoms with E-state index in [2.05, 4.69) is 69.4 Å². The van der Waals surface area contributed by atoms with E-state index < -0.39 is 23.5 Å². The molecule has 8 nitrogen and oxygen atoms in total. The molecule has 2 atom stereocenters. The van der Waals surface area contributed by atoms with Crippen molar-refractivity contribution in [2.45, 2.75) is 17.9 Å². The normalized spacial score (nSPS) is 13.3. The highest BCUT2D eigenvalue weighted by atomic mass is 79.9. The predicted molar refractivity (Wildman–Crippen MR) is 180 cm³/mol. The molecule has 232 valence electrons. The molecule has 0 radical (unpaired) electrons. The Morgan fingerprint density at radius 2 is 1.53 bits per heavy atom. The molecule has 1 heterocycles. The molecule has 0 fully saturated rings. The van der Waals surface area contributed by atoms with Crippen LogP contribution in [-0.2, 0) is 15.2 Å². The lowest BCUT2D eigenvalue weighted by atomic mass is 9.70. The number of carboxylic acid groups (broad SMARTS) is 2. The largest absolute Gasteiger partial charge is 0.481 e. The van der Waals surface area contributed by atoms with Gasteiger partial charge in [0, 0.05) is 40.0 Å². The molecule has 0 aliphatic carbocycles. The molecule has 0 spiro atoms. The van der Waals surface area contributed by atoms with E-state index in [1.165, 1.54) is 0 Å². The van der Waals surface area contributed by atoms with Crippen molar-refractivity contribution in [2.24, 2.45) is 0 Å². The molecule has 0 aliphatic heterocycles. The Morgan fingerprint density at radius 3 is 2.18 bits per heavy atom. The number of fused-ring (bicyclic) bond motifs is 2. The van der Waals surface area contributed by atoms with Crippen LogP contribution in [0.5, 0.6) is 5.88 Å². The zero-order valence-corrected chi connectivity index (χ0v) is 26.8. The van der Waals surface area contributed by atoms with Crippen molar-refractivity contribution in [3.8, 4) is 5.88 Å². The van der Waals surface area contributed by atoms with Crippen molar-refractivity contribution < 1.29 is 29.6 Å². The lowest BCUT2D eigenvalue weighted by Crippen LogP contribution is -2.38. The van der Waals surface area contributed by atoms with E-state index in [0.29, 0.717) is 31.0 Å². The van der Waals surface area contributed by atoms with Crippen LogP contribution in [0.1, 0.15) is 29.0 Å². The van der Waals surface area contributed by atoms with Crippen molar-refractivity contribution in [2.75, 3.05) is 27.7 Å². The minimum atomic E-state index is -1.26. The van der Waals surface area contributed by atoms with Crippen LogP contribution in [0, 0.1) is 0 Å². The Kier molecular flexibility index (Phi) is 11.1. The molecular weight excluding hydrogens is 636 g/mol. The third-order valence-corrected chi connectivity index (χ3v) is 7.94. The number of pyridine rings is 1. The molecule has 5 rings (SSSR count). The number of carbonyl (C=O) groups is 2. The number of ether oxygens (including phenoxy) is 1. The van der Waals surface area contributed by atoms with Crippen molar-refractivity contribution in [1.82, 2.24) is 9.88 Å². The first kappa shape index (κ1) is 33.3. The smallest absolute Gasteiger partial charge is 0.328 e. The van der Waals surface area contributed by atoms with Gasteiger partial charge in [0.25, 0.3) is 0 Å². The van der Waals surface area contributed by atoms with Gasteiger partial charge in [-0.1, -0.05) is 88.7 Å². The van der Waals surface area contributed by atoms with Crippen LogP contribution < -0.4 is 4.74 Å². The van der Waals surface area contributed by atoms with Crippen LogP contribution in [0.25, 0.3) is 21.7 Å². The maximum atomic E-state index is 13.0. The van der Waals surface area contributed by atoms with E-state index in [1.54, 1.807) is 7.11 Å². The summed E-state index contributed by atoms with van der Waals surface area (Å²) in [6.45, 7) is 0.706. The summed E-state index contributed by atoms with van der Waals surface area (Å²) in [5.74, 6) is -2.42. The number of aliphatic hydroxyl groups is 1. The molecule has 3 N–H and O–H groups in total. The monoisotopic (exact) mass is 670 g/mol. The molecule has 5 aromatic rings. The van der Waals surface area contributed by atoms with E-state index in [1.807, 2.05) is 62.6 Å². The first-order valence-electron chi connectivity index (χ1n) is 14.2. The van der Waals surface area contributed by atoms with Gasteiger partial charge in [-0.3, -0.25) is 0 Å². The summed E-state index contributed by atoms with van der Waals surface area (Å²) in [4.78, 5) is 26.1. The van der Waals surface area contributed by atoms with Crippen molar-refractivity contribution in [1.29, 1.82) is 0 Å². The van der Waals surface area contributed by atoms with Gasteiger partial charge in [-0.05, 0) is 66.7 Å². The lowest BCUT2D eigenvalue weighted by molar-refractivity contribution is -0.134. The number of aliphatic carboxylic acids is 2. The van der Waals surface area contributed by atoms with Crippen LogP contribution in [0.4, 0.5) is 0 Å². The van der Waals surface area contributed by atoms with Crippen molar-refractivity contribution in [3.05, 3.63) is 130 Å². The minimum Gasteiger partial charge on any atom is -0.481 e. The molecule has 0 saturated carbocycles. The van der Waals surface area contributed by atoms with Crippen LogP contribution >= 0.6 is 15.9 Å². The van der Waals surface area contributed by atoms with E-state index in [0.717, 1.165) is 42.8 Å². The number of hydrogen-bond donors (Lipinski definition) is 3. The second kappa shape index (κ2) is 14.9. The van der Waals surface area contributed by atoms with Gasteiger partial charge in [-0.25, -0.2) is 14.6 Å². The van der Waals surface area contributed by atoms with Gasteiger partial charge in [0.1, 0.15) is 5.60 Å². The van der Waals surface area contributed by atoms with Gasteiger partial charge in [0.05, 0.1) is 12.6 Å². The second-order valence-electron chi connectivity index (χ2n) is 10.8. The molecule has 45 heavy (non-hydrogen) atoms. The Hall–Kier alpha value is -4.57. The van der Waals surface area contributed by atoms with Gasteiger partial charge < -0.3 is 25.0 Å². The summed E-state index contributed by atoms with van der Waals surface area (Å²) in [7, 11) is 5.73. The average molecular weight is 672 g/mol. The minimum absolute atomic E-state index is 0.426. The van der Waals surface area contributed by atoms with Crippen LogP contribution in [0.3, 0.4) is 0 Å². The molecular formula is C36H35BrN2O6. The maximum absolute atomic E-state index is 13.0. The number of hydrogen-bond acceptors (Lipinski definition) is 6. The van der Waals surface area contributed by atoms with Gasteiger partial charge in [-0.2, -0.15) is 0 Å². The molecule has 0 bridgehead atoms. The predicted octanol–water partition coefficient (Wildman–Crippen LogP) is 6.84. The lowest BCUT2D eigenvalue weighted by Gasteiger charge is -2.39. The Morgan fingerprint density at radius 1 is 0.889 bits per heavy atom. The first-order chi connectivity index (χ1) is 21.5. The Labute approximate surface area is 270 Å². The third-order valence-electron chi connectivity index (χ3n) is 7.45. The van der Waals surface area contributed by atoms with Crippen LogP contribution in [0.15, 0.2) is 114 Å². The fourth-order valence-corrected chi connectivity index (χ4v) is 5.83. The summed E-state index contributed by atoms with van der Waals surface area (Å²) in [6, 6.07) is 32.8. The van der Waals surface area contributed by atoms with Gasteiger partial charge in [0.15, 0.2) is 0 Å². The summed E-state index contributed by atoms with van der Waals surface area (Å²) >= 11 is 3.60. The number of benzene rings is 4. The number of carboxylic acids is 2. The summed E-state index contributed by atoms with van der Waals surface area (Å²) in [5.41, 5.74) is 2.36. The zero-order valence-electron chi connectivity index (χ0n) is 25.2.